The number of nitrogens with one attached hydrogen (secondary N) is 1. The highest BCUT2D eigenvalue weighted by molar-refractivity contribution is 6.64. The minimum atomic E-state index is -2.90. The number of nitrogens with two attached hydrogens (primary N) is 1. The zero-order chi connectivity index (χ0) is 15.2. The lowest BCUT2D eigenvalue weighted by atomic mass is 10.00. The monoisotopic (exact) mass is 298 g/mol. The molecule has 0 aromatic heterocycles. The van der Waals surface area contributed by atoms with Crippen LogP contribution in [0.15, 0.2) is 30.3 Å². The van der Waals surface area contributed by atoms with Gasteiger partial charge in [-0.15, -0.1) is 0 Å². The molecule has 0 radical (unpaired) electrons. The largest absolute Gasteiger partial charge is 0.512 e. The van der Waals surface area contributed by atoms with Crippen molar-refractivity contribution in [1.82, 2.24) is 5.32 Å². The van der Waals surface area contributed by atoms with Crippen LogP contribution in [-0.2, 0) is 18.3 Å². The minimum Gasteiger partial charge on any atom is -0.376 e. The SMILES string of the molecule is CO[Si](OC)(OC)C(C)(CNC(C)N)c1ccccc1. The lowest BCUT2D eigenvalue weighted by Gasteiger charge is -2.42. The first kappa shape index (κ1) is 17.3. The average molecular weight is 298 g/mol. The van der Waals surface area contributed by atoms with Crippen LogP contribution < -0.4 is 11.1 Å². The highest BCUT2D eigenvalue weighted by Crippen LogP contribution is 2.35. The summed E-state index contributed by atoms with van der Waals surface area (Å²) in [6, 6.07) is 10.1. The minimum absolute atomic E-state index is 0.115. The second kappa shape index (κ2) is 7.30. The van der Waals surface area contributed by atoms with Crippen molar-refractivity contribution in [3.8, 4) is 0 Å². The van der Waals surface area contributed by atoms with E-state index in [2.05, 4.69) is 24.4 Å². The lowest BCUT2D eigenvalue weighted by molar-refractivity contribution is 0.0923. The van der Waals surface area contributed by atoms with Crippen LogP contribution in [0.3, 0.4) is 0 Å². The van der Waals surface area contributed by atoms with Crippen LogP contribution in [0.1, 0.15) is 19.4 Å². The normalized spacial score (nSPS) is 16.7. The van der Waals surface area contributed by atoms with E-state index in [0.29, 0.717) is 6.54 Å². The Kier molecular flexibility index (Phi) is 6.31. The number of hydrogen-bond donors (Lipinski definition) is 2. The molecule has 2 unspecified atom stereocenters. The van der Waals surface area contributed by atoms with E-state index in [1.165, 1.54) is 0 Å². The van der Waals surface area contributed by atoms with Gasteiger partial charge in [-0.2, -0.15) is 0 Å². The second-order valence-corrected chi connectivity index (χ2v) is 8.48. The van der Waals surface area contributed by atoms with Crippen molar-refractivity contribution in [2.24, 2.45) is 5.73 Å². The molecule has 6 heteroatoms. The van der Waals surface area contributed by atoms with Crippen LogP contribution in [-0.4, -0.2) is 42.8 Å². The van der Waals surface area contributed by atoms with Gasteiger partial charge in [0.15, 0.2) is 0 Å². The Morgan fingerprint density at radius 1 is 1.15 bits per heavy atom. The summed E-state index contributed by atoms with van der Waals surface area (Å²) in [5.74, 6) is 0. The zero-order valence-electron chi connectivity index (χ0n) is 13.0. The molecule has 114 valence electrons. The van der Waals surface area contributed by atoms with E-state index in [0.717, 1.165) is 5.56 Å². The maximum atomic E-state index is 5.83. The molecule has 0 aliphatic carbocycles. The van der Waals surface area contributed by atoms with Crippen molar-refractivity contribution in [2.75, 3.05) is 27.9 Å². The molecule has 20 heavy (non-hydrogen) atoms. The van der Waals surface area contributed by atoms with Crippen LogP contribution in [0.4, 0.5) is 0 Å². The van der Waals surface area contributed by atoms with E-state index < -0.39 is 13.8 Å². The second-order valence-electron chi connectivity index (χ2n) is 5.04. The lowest BCUT2D eigenvalue weighted by Crippen LogP contribution is -2.64. The molecule has 5 nitrogen and oxygen atoms in total. The molecule has 0 spiro atoms. The van der Waals surface area contributed by atoms with Gasteiger partial charge >= 0.3 is 8.80 Å². The van der Waals surface area contributed by atoms with Gasteiger partial charge in [0, 0.05) is 27.9 Å². The van der Waals surface area contributed by atoms with Crippen molar-refractivity contribution >= 4 is 8.80 Å². The predicted octanol–water partition coefficient (Wildman–Crippen LogP) is 1.26. The third kappa shape index (κ3) is 3.28. The number of benzene rings is 1. The molecule has 1 aromatic carbocycles. The predicted molar refractivity (Wildman–Crippen MR) is 82.2 cm³/mol. The summed E-state index contributed by atoms with van der Waals surface area (Å²) < 4.78 is 17.1. The van der Waals surface area contributed by atoms with Crippen molar-refractivity contribution < 1.29 is 13.3 Å². The molecule has 0 bridgehead atoms. The first-order valence-corrected chi connectivity index (χ1v) is 8.38. The fourth-order valence-corrected chi connectivity index (χ4v) is 5.17. The zero-order valence-corrected chi connectivity index (χ0v) is 14.0. The van der Waals surface area contributed by atoms with E-state index in [1.54, 1.807) is 21.3 Å². The summed E-state index contributed by atoms with van der Waals surface area (Å²) in [7, 11) is 2.00. The van der Waals surface area contributed by atoms with E-state index in [-0.39, 0.29) is 6.17 Å². The third-order valence-corrected chi connectivity index (χ3v) is 7.10. The molecule has 0 fully saturated rings. The first-order chi connectivity index (χ1) is 9.45. The Labute approximate surface area is 122 Å². The van der Waals surface area contributed by atoms with Crippen LogP contribution in [0.2, 0.25) is 0 Å². The molecule has 0 amide bonds. The van der Waals surface area contributed by atoms with Crippen LogP contribution >= 0.6 is 0 Å². The Hall–Kier alpha value is -0.763. The van der Waals surface area contributed by atoms with Gasteiger partial charge in [-0.3, -0.25) is 0 Å². The van der Waals surface area contributed by atoms with Gasteiger partial charge in [0.05, 0.1) is 11.2 Å². The van der Waals surface area contributed by atoms with Gasteiger partial charge in [0.2, 0.25) is 0 Å². The van der Waals surface area contributed by atoms with Crippen LogP contribution in [0.25, 0.3) is 0 Å². The fraction of sp³-hybridized carbons (Fsp3) is 0.571. The van der Waals surface area contributed by atoms with Crippen molar-refractivity contribution in [1.29, 1.82) is 0 Å². The number of rotatable bonds is 8. The number of hydrogen-bond acceptors (Lipinski definition) is 5. The summed E-state index contributed by atoms with van der Waals surface area (Å²) >= 11 is 0. The Morgan fingerprint density at radius 2 is 1.65 bits per heavy atom. The van der Waals surface area contributed by atoms with E-state index in [1.807, 2.05) is 25.1 Å². The van der Waals surface area contributed by atoms with Crippen LogP contribution in [0.5, 0.6) is 0 Å². The third-order valence-electron chi connectivity index (χ3n) is 3.67. The molecule has 0 aliphatic heterocycles. The maximum Gasteiger partial charge on any atom is 0.512 e. The molecular formula is C14H26N2O3Si. The average Bonchev–Trinajstić information content (AvgIpc) is 2.48. The quantitative estimate of drug-likeness (QED) is 0.559. The standard InChI is InChI=1S/C14H26N2O3Si/c1-12(15)16-11-14(2,13-9-7-6-8-10-13)20(17-3,18-4)19-5/h6-10,12,16H,11,15H2,1-5H3. The van der Waals surface area contributed by atoms with Gasteiger partial charge in [0.25, 0.3) is 0 Å². The van der Waals surface area contributed by atoms with Crippen molar-refractivity contribution in [3.05, 3.63) is 35.9 Å². The molecule has 1 rings (SSSR count). The summed E-state index contributed by atoms with van der Waals surface area (Å²) in [6.45, 7) is 4.60. The summed E-state index contributed by atoms with van der Waals surface area (Å²) in [6.07, 6.45) is -0.115. The topological polar surface area (TPSA) is 65.7 Å². The Morgan fingerprint density at radius 3 is 2.05 bits per heavy atom. The molecule has 0 heterocycles. The van der Waals surface area contributed by atoms with Crippen molar-refractivity contribution in [3.63, 3.8) is 0 Å². The molecule has 0 saturated heterocycles. The Balaban J connectivity index is 3.25. The highest BCUT2D eigenvalue weighted by atomic mass is 28.4. The molecule has 0 aliphatic rings. The van der Waals surface area contributed by atoms with Gasteiger partial charge in [-0.05, 0) is 19.4 Å². The molecule has 1 aromatic rings. The smallest absolute Gasteiger partial charge is 0.376 e. The maximum absolute atomic E-state index is 5.83. The Bertz CT molecular complexity index is 390. The fourth-order valence-electron chi connectivity index (χ4n) is 2.48. The first-order valence-electron chi connectivity index (χ1n) is 6.65. The highest BCUT2D eigenvalue weighted by Gasteiger charge is 2.57. The molecule has 3 N–H and O–H groups in total. The van der Waals surface area contributed by atoms with E-state index >= 15 is 0 Å². The van der Waals surface area contributed by atoms with Gasteiger partial charge < -0.3 is 24.3 Å². The van der Waals surface area contributed by atoms with E-state index in [9.17, 15) is 0 Å². The van der Waals surface area contributed by atoms with Crippen LogP contribution in [0, 0.1) is 0 Å². The van der Waals surface area contributed by atoms with E-state index in [4.69, 9.17) is 19.0 Å². The molecular weight excluding hydrogens is 272 g/mol. The van der Waals surface area contributed by atoms with Gasteiger partial charge in [-0.1, -0.05) is 30.3 Å². The van der Waals surface area contributed by atoms with Crippen molar-refractivity contribution in [2.45, 2.75) is 25.1 Å². The molecule has 2 atom stereocenters. The summed E-state index contributed by atoms with van der Waals surface area (Å²) in [4.78, 5) is 0. The molecule has 0 saturated carbocycles. The van der Waals surface area contributed by atoms with Gasteiger partial charge in [0.1, 0.15) is 0 Å². The van der Waals surface area contributed by atoms with Gasteiger partial charge in [-0.25, -0.2) is 0 Å². The summed E-state index contributed by atoms with van der Waals surface area (Å²) in [5, 5.41) is 2.83. The summed E-state index contributed by atoms with van der Waals surface area (Å²) in [5.41, 5.74) is 6.93.